The van der Waals surface area contributed by atoms with Gasteiger partial charge in [0, 0.05) is 18.7 Å². The predicted molar refractivity (Wildman–Crippen MR) is 120 cm³/mol. The molecule has 2 aromatic heterocycles. The van der Waals surface area contributed by atoms with E-state index >= 15 is 0 Å². The Kier molecular flexibility index (Phi) is 6.33. The summed E-state index contributed by atoms with van der Waals surface area (Å²) in [5.41, 5.74) is 0.0936. The van der Waals surface area contributed by atoms with Gasteiger partial charge in [-0.05, 0) is 48.6 Å². The van der Waals surface area contributed by atoms with Crippen LogP contribution in [0.4, 0.5) is 4.39 Å². The molecule has 0 aliphatic carbocycles. The summed E-state index contributed by atoms with van der Waals surface area (Å²) in [7, 11) is 0. The molecule has 4 rings (SSSR count). The van der Waals surface area contributed by atoms with E-state index in [1.165, 1.54) is 56.8 Å². The van der Waals surface area contributed by atoms with Crippen molar-refractivity contribution in [3.05, 3.63) is 70.1 Å². The highest BCUT2D eigenvalue weighted by molar-refractivity contribution is 8.00. The molecule has 3 aromatic rings. The highest BCUT2D eigenvalue weighted by atomic mass is 32.2. The van der Waals surface area contributed by atoms with Crippen LogP contribution in [-0.2, 0) is 11.3 Å². The van der Waals surface area contributed by atoms with Gasteiger partial charge >= 0.3 is 0 Å². The van der Waals surface area contributed by atoms with Crippen molar-refractivity contribution in [3.63, 3.8) is 0 Å². The zero-order chi connectivity index (χ0) is 22.0. The quantitative estimate of drug-likeness (QED) is 0.328. The number of hydrogen-bond donors (Lipinski definition) is 0. The van der Waals surface area contributed by atoms with Gasteiger partial charge in [0.1, 0.15) is 10.6 Å². The number of rotatable bonds is 5. The Morgan fingerprint density at radius 1 is 1.26 bits per heavy atom. The van der Waals surface area contributed by atoms with E-state index in [1.54, 1.807) is 12.1 Å². The third-order valence-electron chi connectivity index (χ3n) is 5.08. The smallest absolute Gasteiger partial charge is 0.263 e. The molecular formula is C22H20FN3O3S2. The molecule has 1 atom stereocenters. The fourth-order valence-electron chi connectivity index (χ4n) is 3.50. The van der Waals surface area contributed by atoms with Gasteiger partial charge in [-0.1, -0.05) is 24.3 Å². The van der Waals surface area contributed by atoms with Crippen molar-refractivity contribution in [2.75, 3.05) is 6.54 Å². The van der Waals surface area contributed by atoms with E-state index in [-0.39, 0.29) is 23.6 Å². The Hall–Kier alpha value is -2.78. The van der Waals surface area contributed by atoms with E-state index < -0.39 is 17.0 Å². The van der Waals surface area contributed by atoms with Crippen LogP contribution in [0.2, 0.25) is 0 Å². The minimum Gasteiger partial charge on any atom is -0.283 e. The molecule has 0 saturated carbocycles. The second kappa shape index (κ2) is 9.15. The maximum atomic E-state index is 13.3. The second-order valence-electron chi connectivity index (χ2n) is 7.14. The van der Waals surface area contributed by atoms with Crippen LogP contribution in [0, 0.1) is 5.82 Å². The number of halogens is 1. The van der Waals surface area contributed by atoms with Crippen molar-refractivity contribution in [2.45, 2.75) is 36.2 Å². The first kappa shape index (κ1) is 21.5. The van der Waals surface area contributed by atoms with Crippen molar-refractivity contribution in [2.24, 2.45) is 0 Å². The number of carbonyl (C=O) groups excluding carboxylic acids is 2. The highest BCUT2D eigenvalue weighted by Crippen LogP contribution is 2.31. The topological polar surface area (TPSA) is 72.3 Å². The number of aromatic nitrogens is 2. The van der Waals surface area contributed by atoms with Gasteiger partial charge in [-0.25, -0.2) is 9.37 Å². The van der Waals surface area contributed by atoms with Crippen molar-refractivity contribution in [3.8, 4) is 0 Å². The van der Waals surface area contributed by atoms with Crippen LogP contribution < -0.4 is 5.56 Å². The SMILES string of the molecule is C=CCn1c(S[C@H]2CCCCN(C(=O)c3ccc(F)cc3)C2=O)nc2sccc2c1=O. The molecule has 160 valence electrons. The van der Waals surface area contributed by atoms with E-state index in [2.05, 4.69) is 11.6 Å². The highest BCUT2D eigenvalue weighted by Gasteiger charge is 2.33. The summed E-state index contributed by atoms with van der Waals surface area (Å²) in [6, 6.07) is 6.91. The number of thioether (sulfide) groups is 1. The standard InChI is InChI=1S/C22H20FN3O3S2/c1-2-11-26-20(28)16-10-13-30-18(16)24-22(26)31-17-5-3-4-12-25(21(17)29)19(27)14-6-8-15(23)9-7-14/h2,6-10,13,17H,1,3-5,11-12H2/t17-/m0/s1. The van der Waals surface area contributed by atoms with Gasteiger partial charge in [0.25, 0.3) is 11.5 Å². The van der Waals surface area contributed by atoms with Gasteiger partial charge < -0.3 is 0 Å². The van der Waals surface area contributed by atoms with Crippen LogP contribution >= 0.6 is 23.1 Å². The van der Waals surface area contributed by atoms with E-state index in [9.17, 15) is 18.8 Å². The van der Waals surface area contributed by atoms with E-state index in [4.69, 9.17) is 0 Å². The Bertz CT molecular complexity index is 1200. The van der Waals surface area contributed by atoms with E-state index in [1.807, 2.05) is 5.38 Å². The number of benzene rings is 1. The molecule has 1 saturated heterocycles. The molecule has 0 unspecified atom stereocenters. The number of likely N-dealkylation sites (tertiary alicyclic amines) is 1. The van der Waals surface area contributed by atoms with Crippen molar-refractivity contribution < 1.29 is 14.0 Å². The first-order chi connectivity index (χ1) is 15.0. The molecule has 6 nitrogen and oxygen atoms in total. The first-order valence-electron chi connectivity index (χ1n) is 9.86. The summed E-state index contributed by atoms with van der Waals surface area (Å²) in [5, 5.41) is 2.24. The minimum atomic E-state index is -0.549. The van der Waals surface area contributed by atoms with Gasteiger partial charge in [0.05, 0.1) is 10.6 Å². The lowest BCUT2D eigenvalue weighted by molar-refractivity contribution is -0.127. The van der Waals surface area contributed by atoms with Crippen LogP contribution in [0.3, 0.4) is 0 Å². The molecule has 0 radical (unpaired) electrons. The number of imide groups is 1. The number of nitrogens with zero attached hydrogens (tertiary/aromatic N) is 3. The van der Waals surface area contributed by atoms with Crippen LogP contribution in [-0.4, -0.2) is 38.1 Å². The van der Waals surface area contributed by atoms with Gasteiger partial charge in [-0.3, -0.25) is 23.9 Å². The molecule has 2 amide bonds. The summed E-state index contributed by atoms with van der Waals surface area (Å²) in [6.45, 7) is 4.30. The number of fused-ring (bicyclic) bond motifs is 1. The molecule has 0 spiro atoms. The minimum absolute atomic E-state index is 0.172. The lowest BCUT2D eigenvalue weighted by Crippen LogP contribution is -2.41. The summed E-state index contributed by atoms with van der Waals surface area (Å²) < 4.78 is 14.7. The lowest BCUT2D eigenvalue weighted by atomic mass is 10.2. The van der Waals surface area contributed by atoms with Gasteiger partial charge in [-0.15, -0.1) is 17.9 Å². The molecular weight excluding hydrogens is 437 g/mol. The zero-order valence-corrected chi connectivity index (χ0v) is 18.3. The molecule has 31 heavy (non-hydrogen) atoms. The van der Waals surface area contributed by atoms with Crippen LogP contribution in [0.1, 0.15) is 29.6 Å². The number of thiophene rings is 1. The summed E-state index contributed by atoms with van der Waals surface area (Å²) in [4.78, 5) is 45.5. The Morgan fingerprint density at radius 2 is 2.03 bits per heavy atom. The molecule has 1 aliphatic heterocycles. The molecule has 1 aromatic carbocycles. The predicted octanol–water partition coefficient (Wildman–Crippen LogP) is 4.10. The maximum absolute atomic E-state index is 13.3. The van der Waals surface area contributed by atoms with Crippen LogP contribution in [0.15, 0.2) is 58.3 Å². The van der Waals surface area contributed by atoms with Gasteiger partial charge in [0.15, 0.2) is 5.16 Å². The Labute approximate surface area is 186 Å². The van der Waals surface area contributed by atoms with Crippen molar-refractivity contribution in [1.29, 1.82) is 0 Å². The second-order valence-corrected chi connectivity index (χ2v) is 9.21. The van der Waals surface area contributed by atoms with Gasteiger partial charge in [0.2, 0.25) is 5.91 Å². The zero-order valence-electron chi connectivity index (χ0n) is 16.6. The fourth-order valence-corrected chi connectivity index (χ4v) is 5.51. The summed E-state index contributed by atoms with van der Waals surface area (Å²) in [6.07, 6.45) is 3.64. The number of amides is 2. The molecule has 9 heteroatoms. The normalized spacial score (nSPS) is 17.0. The van der Waals surface area contributed by atoms with Crippen LogP contribution in [0.5, 0.6) is 0 Å². The molecule has 1 fully saturated rings. The maximum Gasteiger partial charge on any atom is 0.263 e. The number of hydrogen-bond acceptors (Lipinski definition) is 6. The Balaban J connectivity index is 1.65. The van der Waals surface area contributed by atoms with Crippen LogP contribution in [0.25, 0.3) is 10.2 Å². The summed E-state index contributed by atoms with van der Waals surface area (Å²) in [5.74, 6) is -1.20. The first-order valence-corrected chi connectivity index (χ1v) is 11.6. The number of allylic oxidation sites excluding steroid dienone is 1. The Morgan fingerprint density at radius 3 is 2.77 bits per heavy atom. The molecule has 0 bridgehead atoms. The molecule has 3 heterocycles. The number of carbonyl (C=O) groups is 2. The molecule has 1 aliphatic rings. The van der Waals surface area contributed by atoms with Gasteiger partial charge in [-0.2, -0.15) is 0 Å². The lowest BCUT2D eigenvalue weighted by Gasteiger charge is -2.23. The third kappa shape index (κ3) is 4.33. The molecule has 0 N–H and O–H groups in total. The van der Waals surface area contributed by atoms with Crippen molar-refractivity contribution in [1.82, 2.24) is 14.5 Å². The fraction of sp³-hybridized carbons (Fsp3) is 0.273. The van der Waals surface area contributed by atoms with E-state index in [0.29, 0.717) is 34.8 Å². The monoisotopic (exact) mass is 457 g/mol. The van der Waals surface area contributed by atoms with Crippen molar-refractivity contribution >= 4 is 45.1 Å². The largest absolute Gasteiger partial charge is 0.283 e. The average Bonchev–Trinajstić information content (AvgIpc) is 3.16. The van der Waals surface area contributed by atoms with E-state index in [0.717, 1.165) is 6.42 Å². The third-order valence-corrected chi connectivity index (χ3v) is 7.13. The summed E-state index contributed by atoms with van der Waals surface area (Å²) >= 11 is 2.58. The average molecular weight is 458 g/mol.